The number of nitrogens with zero attached hydrogens (tertiary/aromatic N) is 1. The molecule has 3 unspecified atom stereocenters. The van der Waals surface area contributed by atoms with E-state index in [9.17, 15) is 13.2 Å². The molecular formula is C27H40F3NS. The molecule has 0 spiro atoms. The van der Waals surface area contributed by atoms with Crippen LogP contribution in [0.5, 0.6) is 0 Å². The van der Waals surface area contributed by atoms with Crippen molar-refractivity contribution in [3.05, 3.63) is 16.1 Å². The fourth-order valence-electron chi connectivity index (χ4n) is 9.40. The maximum atomic E-state index is 13.0. The summed E-state index contributed by atoms with van der Waals surface area (Å²) >= 11 is 1.19. The molecule has 4 saturated carbocycles. The van der Waals surface area contributed by atoms with Crippen LogP contribution in [-0.2, 0) is 12.6 Å². The van der Waals surface area contributed by atoms with Gasteiger partial charge in [0.15, 0.2) is 5.69 Å². The molecule has 180 valence electrons. The van der Waals surface area contributed by atoms with Gasteiger partial charge in [0.2, 0.25) is 0 Å². The first-order valence-electron chi connectivity index (χ1n) is 13.0. The van der Waals surface area contributed by atoms with Crippen molar-refractivity contribution < 1.29 is 13.2 Å². The summed E-state index contributed by atoms with van der Waals surface area (Å²) in [5, 5.41) is 1.85. The molecule has 1 aromatic heterocycles. The van der Waals surface area contributed by atoms with Gasteiger partial charge in [-0.05, 0) is 104 Å². The second-order valence-electron chi connectivity index (χ2n) is 12.6. The molecule has 0 N–H and O–H groups in total. The van der Waals surface area contributed by atoms with E-state index in [1.54, 1.807) is 0 Å². The average molecular weight is 468 g/mol. The van der Waals surface area contributed by atoms with Gasteiger partial charge in [0.05, 0.1) is 5.01 Å². The monoisotopic (exact) mass is 467 g/mol. The van der Waals surface area contributed by atoms with Gasteiger partial charge in [-0.3, -0.25) is 0 Å². The summed E-state index contributed by atoms with van der Waals surface area (Å²) in [6, 6.07) is 0. The Morgan fingerprint density at radius 1 is 1.03 bits per heavy atom. The smallest absolute Gasteiger partial charge is 0.237 e. The lowest BCUT2D eigenvalue weighted by molar-refractivity contribution is -0.140. The van der Waals surface area contributed by atoms with E-state index in [0.717, 1.165) is 29.6 Å². The maximum absolute atomic E-state index is 13.0. The van der Waals surface area contributed by atoms with Crippen LogP contribution in [0, 0.1) is 52.3 Å². The third kappa shape index (κ3) is 3.67. The summed E-state index contributed by atoms with van der Waals surface area (Å²) in [7, 11) is 0. The molecule has 9 atom stereocenters. The van der Waals surface area contributed by atoms with Crippen LogP contribution in [0.1, 0.15) is 96.2 Å². The quantitative estimate of drug-likeness (QED) is 0.433. The third-order valence-electron chi connectivity index (χ3n) is 11.0. The Morgan fingerprint density at radius 2 is 1.75 bits per heavy atom. The van der Waals surface area contributed by atoms with Crippen molar-refractivity contribution in [3.63, 3.8) is 0 Å². The number of hydrogen-bond donors (Lipinski definition) is 0. The molecule has 1 heterocycles. The number of alkyl halides is 3. The standard InChI is InChI=1S/C27H40F3NS/c1-16-9-11-25(3)18(13-16)5-6-19-21-8-7-20(26(21,4)12-10-22(19)25)17(2)14-24-31-23(15-32-24)27(28,29)30/h15-22H,5-14H2,1-4H3/t16-,17-,18+,19-,20?,21?,22?,25-,26+/m0/s1. The predicted octanol–water partition coefficient (Wildman–Crippen LogP) is 8.64. The van der Waals surface area contributed by atoms with Gasteiger partial charge >= 0.3 is 6.18 Å². The van der Waals surface area contributed by atoms with Crippen LogP contribution in [0.15, 0.2) is 5.38 Å². The van der Waals surface area contributed by atoms with E-state index >= 15 is 0 Å². The van der Waals surface area contributed by atoms with Crippen molar-refractivity contribution in [1.29, 1.82) is 0 Å². The van der Waals surface area contributed by atoms with Crippen molar-refractivity contribution >= 4 is 11.3 Å². The van der Waals surface area contributed by atoms with Crippen molar-refractivity contribution in [2.24, 2.45) is 52.3 Å². The van der Waals surface area contributed by atoms with Crippen LogP contribution < -0.4 is 0 Å². The SMILES string of the molecule is C[C@H]1CC[C@]2(C)C3CC[C@@]4(C)C(CCC4[C@@H](C)Cc4nc(C(F)(F)F)cs4)[C@@H]3CC[C@@H]2C1. The number of halogens is 3. The van der Waals surface area contributed by atoms with Crippen LogP contribution in [-0.4, -0.2) is 4.98 Å². The molecule has 4 aliphatic rings. The van der Waals surface area contributed by atoms with E-state index in [1.165, 1.54) is 74.5 Å². The second-order valence-corrected chi connectivity index (χ2v) is 13.5. The van der Waals surface area contributed by atoms with Gasteiger partial charge in [0.25, 0.3) is 0 Å². The van der Waals surface area contributed by atoms with Crippen molar-refractivity contribution in [1.82, 2.24) is 4.98 Å². The molecule has 0 aliphatic heterocycles. The minimum Gasteiger partial charge on any atom is -0.237 e. The number of fused-ring (bicyclic) bond motifs is 5. The fraction of sp³-hybridized carbons (Fsp3) is 0.889. The molecule has 32 heavy (non-hydrogen) atoms. The third-order valence-corrected chi connectivity index (χ3v) is 11.9. The summed E-state index contributed by atoms with van der Waals surface area (Å²) in [4.78, 5) is 3.94. The Kier molecular flexibility index (Phi) is 5.78. The zero-order valence-electron chi connectivity index (χ0n) is 20.2. The topological polar surface area (TPSA) is 12.9 Å². The lowest BCUT2D eigenvalue weighted by atomic mass is 9.44. The van der Waals surface area contributed by atoms with Gasteiger partial charge in [-0.15, -0.1) is 11.3 Å². The van der Waals surface area contributed by atoms with Gasteiger partial charge in [0, 0.05) is 11.8 Å². The normalized spacial score (nSPS) is 45.1. The average Bonchev–Trinajstić information content (AvgIpc) is 3.32. The van der Waals surface area contributed by atoms with Gasteiger partial charge in [0.1, 0.15) is 0 Å². The molecule has 5 rings (SSSR count). The van der Waals surface area contributed by atoms with Crippen LogP contribution in [0.2, 0.25) is 0 Å². The number of rotatable bonds is 3. The summed E-state index contributed by atoms with van der Waals surface area (Å²) in [6.45, 7) is 9.91. The Hall–Kier alpha value is -0.580. The summed E-state index contributed by atoms with van der Waals surface area (Å²) in [5.74, 6) is 5.43. The first-order valence-corrected chi connectivity index (χ1v) is 13.9. The van der Waals surface area contributed by atoms with Gasteiger partial charge in [-0.2, -0.15) is 13.2 Å². The summed E-state index contributed by atoms with van der Waals surface area (Å²) in [5.41, 5.74) is 0.193. The maximum Gasteiger partial charge on any atom is 0.434 e. The van der Waals surface area contributed by atoms with Crippen LogP contribution >= 0.6 is 11.3 Å². The van der Waals surface area contributed by atoms with Crippen molar-refractivity contribution in [2.45, 2.75) is 98.1 Å². The predicted molar refractivity (Wildman–Crippen MR) is 124 cm³/mol. The highest BCUT2D eigenvalue weighted by molar-refractivity contribution is 7.09. The Bertz CT molecular complexity index is 833. The van der Waals surface area contributed by atoms with Gasteiger partial charge < -0.3 is 0 Å². The fourth-order valence-corrected chi connectivity index (χ4v) is 10.3. The van der Waals surface area contributed by atoms with Crippen LogP contribution in [0.4, 0.5) is 13.2 Å². The van der Waals surface area contributed by atoms with Gasteiger partial charge in [-0.25, -0.2) is 4.98 Å². The van der Waals surface area contributed by atoms with Crippen LogP contribution in [0.3, 0.4) is 0 Å². The Morgan fingerprint density at radius 3 is 2.47 bits per heavy atom. The molecule has 0 saturated heterocycles. The molecular weight excluding hydrogens is 427 g/mol. The first-order chi connectivity index (χ1) is 15.0. The molecule has 0 amide bonds. The molecule has 0 aromatic carbocycles. The lowest BCUT2D eigenvalue weighted by Gasteiger charge is -2.61. The Balaban J connectivity index is 1.31. The minimum atomic E-state index is -4.33. The highest BCUT2D eigenvalue weighted by Gasteiger charge is 2.60. The van der Waals surface area contributed by atoms with E-state index in [0.29, 0.717) is 34.1 Å². The van der Waals surface area contributed by atoms with E-state index in [-0.39, 0.29) is 0 Å². The highest BCUT2D eigenvalue weighted by atomic mass is 32.1. The number of thiazole rings is 1. The molecule has 0 radical (unpaired) electrons. The highest BCUT2D eigenvalue weighted by Crippen LogP contribution is 2.68. The van der Waals surface area contributed by atoms with E-state index in [1.807, 2.05) is 0 Å². The van der Waals surface area contributed by atoms with Crippen molar-refractivity contribution in [3.8, 4) is 0 Å². The van der Waals surface area contributed by atoms with Crippen molar-refractivity contribution in [2.75, 3.05) is 0 Å². The zero-order chi connectivity index (χ0) is 22.9. The van der Waals surface area contributed by atoms with Gasteiger partial charge in [-0.1, -0.05) is 34.1 Å². The Labute approximate surface area is 196 Å². The second kappa shape index (κ2) is 7.99. The van der Waals surface area contributed by atoms with Crippen LogP contribution in [0.25, 0.3) is 0 Å². The largest absolute Gasteiger partial charge is 0.434 e. The number of hydrogen-bond acceptors (Lipinski definition) is 2. The van der Waals surface area contributed by atoms with E-state index in [4.69, 9.17) is 0 Å². The van der Waals surface area contributed by atoms with E-state index in [2.05, 4.69) is 32.7 Å². The molecule has 1 aromatic rings. The van der Waals surface area contributed by atoms with E-state index < -0.39 is 11.9 Å². The molecule has 4 fully saturated rings. The zero-order valence-corrected chi connectivity index (χ0v) is 21.0. The minimum absolute atomic E-state index is 0.357. The first kappa shape index (κ1) is 23.2. The summed E-state index contributed by atoms with van der Waals surface area (Å²) < 4.78 is 39.0. The number of aromatic nitrogens is 1. The lowest BCUT2D eigenvalue weighted by Crippen LogP contribution is -2.53. The summed E-state index contributed by atoms with van der Waals surface area (Å²) in [6.07, 6.45) is 8.75. The molecule has 5 heteroatoms. The molecule has 4 aliphatic carbocycles. The molecule has 0 bridgehead atoms. The molecule has 1 nitrogen and oxygen atoms in total.